The molecule has 1 aliphatic rings. The Morgan fingerprint density at radius 2 is 2.24 bits per heavy atom. The second-order valence-electron chi connectivity index (χ2n) is 6.08. The minimum Gasteiger partial charge on any atom is -0.493 e. The van der Waals surface area contributed by atoms with E-state index in [9.17, 15) is 9.90 Å². The Hall–Kier alpha value is -1.55. The van der Waals surface area contributed by atoms with Crippen molar-refractivity contribution in [2.45, 2.75) is 52.2 Å². The zero-order valence-corrected chi connectivity index (χ0v) is 13.1. The van der Waals surface area contributed by atoms with Gasteiger partial charge in [0.15, 0.2) is 0 Å². The van der Waals surface area contributed by atoms with Crippen molar-refractivity contribution in [1.82, 2.24) is 5.32 Å². The van der Waals surface area contributed by atoms with E-state index in [1.165, 1.54) is 0 Å². The third-order valence-electron chi connectivity index (χ3n) is 3.77. The van der Waals surface area contributed by atoms with Crippen LogP contribution in [-0.2, 0) is 4.79 Å². The van der Waals surface area contributed by atoms with E-state index < -0.39 is 6.10 Å². The van der Waals surface area contributed by atoms with Crippen molar-refractivity contribution >= 4 is 5.91 Å². The maximum atomic E-state index is 12.0. The van der Waals surface area contributed by atoms with Crippen LogP contribution in [0.5, 0.6) is 5.75 Å². The first-order chi connectivity index (χ1) is 10.0. The van der Waals surface area contributed by atoms with E-state index in [1.807, 2.05) is 39.0 Å². The van der Waals surface area contributed by atoms with E-state index in [2.05, 4.69) is 5.32 Å². The fourth-order valence-corrected chi connectivity index (χ4v) is 2.63. The van der Waals surface area contributed by atoms with Crippen LogP contribution in [0, 0.1) is 5.92 Å². The van der Waals surface area contributed by atoms with Gasteiger partial charge in [0.2, 0.25) is 5.91 Å². The summed E-state index contributed by atoms with van der Waals surface area (Å²) in [6, 6.07) is 5.72. The number of ether oxygens (including phenoxy) is 1. The maximum Gasteiger partial charge on any atom is 0.220 e. The molecule has 116 valence electrons. The Balaban J connectivity index is 2.18. The summed E-state index contributed by atoms with van der Waals surface area (Å²) >= 11 is 0. The number of carbonyl (C=O) groups excluding carboxylic acids is 1. The Labute approximate surface area is 126 Å². The van der Waals surface area contributed by atoms with Crippen molar-refractivity contribution in [3.63, 3.8) is 0 Å². The molecular weight excluding hydrogens is 266 g/mol. The summed E-state index contributed by atoms with van der Waals surface area (Å²) in [6.07, 6.45) is 1.50. The Kier molecular flexibility index (Phi) is 5.23. The standard InChI is InChI=1S/C17H25NO3/c1-4-15(19)12-5-6-16-13(10-12)14(7-8-21-16)18-17(20)9-11(2)3/h5-6,10-11,14-15,19H,4,7-9H2,1-3H3,(H,18,20). The van der Waals surface area contributed by atoms with Crippen molar-refractivity contribution in [2.24, 2.45) is 5.92 Å². The molecule has 4 nitrogen and oxygen atoms in total. The van der Waals surface area contributed by atoms with Crippen molar-refractivity contribution in [3.8, 4) is 5.75 Å². The zero-order chi connectivity index (χ0) is 15.4. The van der Waals surface area contributed by atoms with Crippen LogP contribution >= 0.6 is 0 Å². The molecule has 1 aliphatic heterocycles. The maximum absolute atomic E-state index is 12.0. The normalized spacial score (nSPS) is 18.8. The lowest BCUT2D eigenvalue weighted by Crippen LogP contribution is -2.32. The van der Waals surface area contributed by atoms with E-state index >= 15 is 0 Å². The summed E-state index contributed by atoms with van der Waals surface area (Å²) in [4.78, 5) is 12.0. The third kappa shape index (κ3) is 3.97. The monoisotopic (exact) mass is 291 g/mol. The van der Waals surface area contributed by atoms with Crippen molar-refractivity contribution in [1.29, 1.82) is 0 Å². The summed E-state index contributed by atoms with van der Waals surface area (Å²) < 4.78 is 5.65. The van der Waals surface area contributed by atoms with Gasteiger partial charge in [-0.05, 0) is 30.0 Å². The number of rotatable bonds is 5. The Bertz CT molecular complexity index is 499. The molecule has 1 amide bonds. The molecule has 0 saturated carbocycles. The number of hydrogen-bond acceptors (Lipinski definition) is 3. The highest BCUT2D eigenvalue weighted by atomic mass is 16.5. The number of carbonyl (C=O) groups is 1. The molecule has 2 rings (SSSR count). The predicted molar refractivity (Wildman–Crippen MR) is 82.1 cm³/mol. The number of aliphatic hydroxyl groups excluding tert-OH is 1. The third-order valence-corrected chi connectivity index (χ3v) is 3.77. The molecule has 21 heavy (non-hydrogen) atoms. The lowest BCUT2D eigenvalue weighted by Gasteiger charge is -2.28. The summed E-state index contributed by atoms with van der Waals surface area (Å²) in [5, 5.41) is 13.1. The second kappa shape index (κ2) is 6.94. The first kappa shape index (κ1) is 15.8. The fourth-order valence-electron chi connectivity index (χ4n) is 2.63. The molecule has 0 aliphatic carbocycles. The first-order valence-electron chi connectivity index (χ1n) is 7.75. The topological polar surface area (TPSA) is 58.6 Å². The van der Waals surface area contributed by atoms with Crippen LogP contribution in [0.4, 0.5) is 0 Å². The number of hydrogen-bond donors (Lipinski definition) is 2. The van der Waals surface area contributed by atoms with Gasteiger partial charge in [-0.25, -0.2) is 0 Å². The van der Waals surface area contributed by atoms with Crippen LogP contribution in [-0.4, -0.2) is 17.6 Å². The first-order valence-corrected chi connectivity index (χ1v) is 7.75. The summed E-state index contributed by atoms with van der Waals surface area (Å²) in [5.41, 5.74) is 1.85. The molecule has 2 atom stereocenters. The SMILES string of the molecule is CCC(O)c1ccc2c(c1)C(NC(=O)CC(C)C)CCO2. The number of nitrogens with one attached hydrogen (secondary N) is 1. The average Bonchev–Trinajstić information content (AvgIpc) is 2.45. The highest BCUT2D eigenvalue weighted by Gasteiger charge is 2.24. The van der Waals surface area contributed by atoms with Crippen molar-refractivity contribution in [3.05, 3.63) is 29.3 Å². The van der Waals surface area contributed by atoms with Gasteiger partial charge >= 0.3 is 0 Å². The molecule has 0 saturated heterocycles. The van der Waals surface area contributed by atoms with Crippen LogP contribution in [0.2, 0.25) is 0 Å². The average molecular weight is 291 g/mol. The van der Waals surface area contributed by atoms with Gasteiger partial charge in [-0.2, -0.15) is 0 Å². The van der Waals surface area contributed by atoms with E-state index in [1.54, 1.807) is 0 Å². The second-order valence-corrected chi connectivity index (χ2v) is 6.08. The molecule has 2 N–H and O–H groups in total. The van der Waals surface area contributed by atoms with E-state index in [-0.39, 0.29) is 11.9 Å². The fraction of sp³-hybridized carbons (Fsp3) is 0.588. The van der Waals surface area contributed by atoms with Gasteiger partial charge in [0.1, 0.15) is 5.75 Å². The van der Waals surface area contributed by atoms with Crippen LogP contribution in [0.15, 0.2) is 18.2 Å². The van der Waals surface area contributed by atoms with Gasteiger partial charge in [0, 0.05) is 18.4 Å². The van der Waals surface area contributed by atoms with E-state index in [0.717, 1.165) is 23.3 Å². The van der Waals surface area contributed by atoms with Crippen molar-refractivity contribution < 1.29 is 14.6 Å². The summed E-state index contributed by atoms with van der Waals surface area (Å²) in [5.74, 6) is 1.23. The van der Waals surface area contributed by atoms with E-state index in [4.69, 9.17) is 4.74 Å². The Morgan fingerprint density at radius 1 is 1.48 bits per heavy atom. The predicted octanol–water partition coefficient (Wildman–Crippen LogP) is 3.12. The number of aliphatic hydroxyl groups is 1. The van der Waals surface area contributed by atoms with Gasteiger partial charge < -0.3 is 15.2 Å². The molecule has 0 aromatic heterocycles. The minimum atomic E-state index is -0.468. The van der Waals surface area contributed by atoms with E-state index in [0.29, 0.717) is 25.4 Å². The number of fused-ring (bicyclic) bond motifs is 1. The summed E-state index contributed by atoms with van der Waals surface area (Å²) in [6.45, 7) is 6.62. The smallest absolute Gasteiger partial charge is 0.220 e. The van der Waals surface area contributed by atoms with Gasteiger partial charge in [-0.15, -0.1) is 0 Å². The minimum absolute atomic E-state index is 0.0241. The highest BCUT2D eigenvalue weighted by molar-refractivity contribution is 5.76. The molecule has 1 aromatic rings. The van der Waals surface area contributed by atoms with Gasteiger partial charge in [0.25, 0.3) is 0 Å². The van der Waals surface area contributed by atoms with Gasteiger partial charge in [-0.3, -0.25) is 4.79 Å². The zero-order valence-electron chi connectivity index (χ0n) is 13.1. The molecule has 0 spiro atoms. The molecule has 0 radical (unpaired) electrons. The lowest BCUT2D eigenvalue weighted by atomic mass is 9.95. The molecule has 1 heterocycles. The van der Waals surface area contributed by atoms with Crippen LogP contribution in [0.1, 0.15) is 63.3 Å². The molecule has 1 aromatic carbocycles. The quantitative estimate of drug-likeness (QED) is 0.876. The van der Waals surface area contributed by atoms with Gasteiger partial charge in [0.05, 0.1) is 18.8 Å². The molecule has 0 bridgehead atoms. The molecular formula is C17H25NO3. The highest BCUT2D eigenvalue weighted by Crippen LogP contribution is 2.34. The molecule has 2 unspecified atom stereocenters. The van der Waals surface area contributed by atoms with Crippen LogP contribution in [0.25, 0.3) is 0 Å². The largest absolute Gasteiger partial charge is 0.493 e. The Morgan fingerprint density at radius 3 is 2.90 bits per heavy atom. The molecule has 0 fully saturated rings. The summed E-state index contributed by atoms with van der Waals surface area (Å²) in [7, 11) is 0. The molecule has 4 heteroatoms. The van der Waals surface area contributed by atoms with Gasteiger partial charge in [-0.1, -0.05) is 26.8 Å². The van der Waals surface area contributed by atoms with Crippen molar-refractivity contribution in [2.75, 3.05) is 6.61 Å². The van der Waals surface area contributed by atoms with Crippen LogP contribution in [0.3, 0.4) is 0 Å². The van der Waals surface area contributed by atoms with Crippen LogP contribution < -0.4 is 10.1 Å². The number of amides is 1. The lowest BCUT2D eigenvalue weighted by molar-refractivity contribution is -0.122. The number of benzene rings is 1.